The quantitative estimate of drug-likeness (QED) is 0.648. The predicted octanol–water partition coefficient (Wildman–Crippen LogP) is 4.26. The number of hydrogen-bond acceptors (Lipinski definition) is 2. The third kappa shape index (κ3) is 1.75. The third-order valence-electron chi connectivity index (χ3n) is 3.04. The van der Waals surface area contributed by atoms with E-state index in [0.29, 0.717) is 5.02 Å². The Labute approximate surface area is 110 Å². The molecular weight excluding hydrogens is 244 g/mol. The van der Waals surface area contributed by atoms with Gasteiger partial charge in [-0.1, -0.05) is 54.1 Å². The summed E-state index contributed by atoms with van der Waals surface area (Å²) in [6.07, 6.45) is 1.59. The van der Waals surface area contributed by atoms with Crippen LogP contribution in [0.2, 0.25) is 5.02 Å². The van der Waals surface area contributed by atoms with Crippen LogP contribution in [0.1, 0.15) is 5.69 Å². The van der Waals surface area contributed by atoms with Gasteiger partial charge < -0.3 is 0 Å². The predicted molar refractivity (Wildman–Crippen MR) is 74.7 cm³/mol. The van der Waals surface area contributed by atoms with Gasteiger partial charge in [-0.25, -0.2) is 0 Å². The van der Waals surface area contributed by atoms with E-state index in [1.165, 1.54) is 10.8 Å². The molecule has 3 rings (SSSR count). The van der Waals surface area contributed by atoms with E-state index in [1.54, 1.807) is 6.20 Å². The molecule has 0 atom stereocenters. The molecule has 0 spiro atoms. The first-order chi connectivity index (χ1) is 8.77. The molecule has 0 aliphatic rings. The van der Waals surface area contributed by atoms with E-state index in [-0.39, 0.29) is 0 Å². The molecule has 3 heteroatoms. The zero-order chi connectivity index (χ0) is 12.5. The molecule has 88 valence electrons. The number of aromatic nitrogens is 2. The van der Waals surface area contributed by atoms with E-state index in [0.717, 1.165) is 16.8 Å². The average Bonchev–Trinajstić information content (AvgIpc) is 2.39. The van der Waals surface area contributed by atoms with Crippen LogP contribution in [-0.4, -0.2) is 10.2 Å². The summed E-state index contributed by atoms with van der Waals surface area (Å²) in [4.78, 5) is 0. The maximum absolute atomic E-state index is 6.26. The van der Waals surface area contributed by atoms with E-state index < -0.39 is 0 Å². The highest BCUT2D eigenvalue weighted by atomic mass is 35.5. The molecule has 2 nitrogen and oxygen atoms in total. The highest BCUT2D eigenvalue weighted by Gasteiger charge is 2.11. The van der Waals surface area contributed by atoms with E-state index in [1.807, 2.05) is 25.1 Å². The molecule has 0 unspecified atom stereocenters. The molecule has 0 bridgehead atoms. The van der Waals surface area contributed by atoms with Crippen LogP contribution in [0.4, 0.5) is 0 Å². The normalized spacial score (nSPS) is 10.8. The number of aryl methyl sites for hydroxylation is 1. The highest BCUT2D eigenvalue weighted by molar-refractivity contribution is 6.33. The zero-order valence-electron chi connectivity index (χ0n) is 9.89. The third-order valence-corrected chi connectivity index (χ3v) is 3.32. The Kier molecular flexibility index (Phi) is 2.73. The van der Waals surface area contributed by atoms with Gasteiger partial charge >= 0.3 is 0 Å². The highest BCUT2D eigenvalue weighted by Crippen LogP contribution is 2.34. The lowest BCUT2D eigenvalue weighted by molar-refractivity contribution is 0.984. The molecule has 0 N–H and O–H groups in total. The minimum absolute atomic E-state index is 0.638. The maximum Gasteiger partial charge on any atom is 0.0705 e. The lowest BCUT2D eigenvalue weighted by Crippen LogP contribution is -1.92. The Bertz CT molecular complexity index is 697. The number of hydrogen-bond donors (Lipinski definition) is 0. The number of benzene rings is 2. The topological polar surface area (TPSA) is 25.8 Å². The first kappa shape index (κ1) is 11.2. The largest absolute Gasteiger partial charge is 0.157 e. The van der Waals surface area contributed by atoms with Gasteiger partial charge in [-0.05, 0) is 23.3 Å². The van der Waals surface area contributed by atoms with Crippen molar-refractivity contribution in [3.8, 4) is 11.1 Å². The lowest BCUT2D eigenvalue weighted by atomic mass is 9.98. The van der Waals surface area contributed by atoms with E-state index in [2.05, 4.69) is 34.5 Å². The van der Waals surface area contributed by atoms with Gasteiger partial charge in [0.15, 0.2) is 0 Å². The van der Waals surface area contributed by atoms with Crippen molar-refractivity contribution in [3.05, 3.63) is 59.4 Å². The van der Waals surface area contributed by atoms with Crippen LogP contribution < -0.4 is 0 Å². The molecule has 3 aromatic rings. The minimum Gasteiger partial charge on any atom is -0.157 e. The van der Waals surface area contributed by atoms with Crippen molar-refractivity contribution in [1.82, 2.24) is 10.2 Å². The smallest absolute Gasteiger partial charge is 0.0705 e. The Morgan fingerprint density at radius 2 is 1.78 bits per heavy atom. The van der Waals surface area contributed by atoms with Crippen molar-refractivity contribution in [2.75, 3.05) is 0 Å². The molecule has 2 aromatic carbocycles. The molecule has 0 radical (unpaired) electrons. The summed E-state index contributed by atoms with van der Waals surface area (Å²) in [6, 6.07) is 14.5. The van der Waals surface area contributed by atoms with Crippen molar-refractivity contribution in [3.63, 3.8) is 0 Å². The molecule has 0 saturated heterocycles. The van der Waals surface area contributed by atoms with Crippen molar-refractivity contribution in [2.45, 2.75) is 6.92 Å². The maximum atomic E-state index is 6.26. The van der Waals surface area contributed by atoms with Crippen LogP contribution in [0.5, 0.6) is 0 Å². The van der Waals surface area contributed by atoms with Crippen molar-refractivity contribution in [2.24, 2.45) is 0 Å². The Hall–Kier alpha value is -1.93. The summed E-state index contributed by atoms with van der Waals surface area (Å²) in [5, 5.41) is 11.0. The fraction of sp³-hybridized carbons (Fsp3) is 0.0667. The van der Waals surface area contributed by atoms with E-state index >= 15 is 0 Å². The summed E-state index contributed by atoms with van der Waals surface area (Å²) in [5.74, 6) is 0. The molecular formula is C15H11ClN2. The van der Waals surface area contributed by atoms with Crippen LogP contribution >= 0.6 is 11.6 Å². The number of halogens is 1. The standard InChI is InChI=1S/C15H11ClN2/c1-10-15(14(16)9-17-18-10)13-8-4-6-11-5-2-3-7-12(11)13/h2-9H,1H3. The SMILES string of the molecule is Cc1nncc(Cl)c1-c1cccc2ccccc12. The van der Waals surface area contributed by atoms with Crippen LogP contribution in [-0.2, 0) is 0 Å². The Balaban J connectivity index is 2.39. The van der Waals surface area contributed by atoms with Crippen LogP contribution in [0.3, 0.4) is 0 Å². The zero-order valence-corrected chi connectivity index (χ0v) is 10.6. The molecule has 0 aliphatic heterocycles. The van der Waals surface area contributed by atoms with Gasteiger partial charge in [-0.2, -0.15) is 10.2 Å². The molecule has 0 aliphatic carbocycles. The molecule has 0 saturated carbocycles. The second-order valence-corrected chi connectivity index (χ2v) is 4.59. The summed E-state index contributed by atoms with van der Waals surface area (Å²) in [6.45, 7) is 1.93. The first-order valence-corrected chi connectivity index (χ1v) is 6.11. The van der Waals surface area contributed by atoms with Crippen molar-refractivity contribution < 1.29 is 0 Å². The Morgan fingerprint density at radius 1 is 1.00 bits per heavy atom. The van der Waals surface area contributed by atoms with Crippen molar-refractivity contribution in [1.29, 1.82) is 0 Å². The second-order valence-electron chi connectivity index (χ2n) is 4.18. The number of rotatable bonds is 1. The van der Waals surface area contributed by atoms with Gasteiger partial charge in [0.25, 0.3) is 0 Å². The van der Waals surface area contributed by atoms with Gasteiger partial charge in [-0.3, -0.25) is 0 Å². The van der Waals surface area contributed by atoms with E-state index in [4.69, 9.17) is 11.6 Å². The molecule has 0 fully saturated rings. The van der Waals surface area contributed by atoms with Crippen molar-refractivity contribution >= 4 is 22.4 Å². The summed E-state index contributed by atoms with van der Waals surface area (Å²) >= 11 is 6.26. The summed E-state index contributed by atoms with van der Waals surface area (Å²) < 4.78 is 0. The lowest BCUT2D eigenvalue weighted by Gasteiger charge is -2.10. The molecule has 1 aromatic heterocycles. The fourth-order valence-electron chi connectivity index (χ4n) is 2.22. The first-order valence-electron chi connectivity index (χ1n) is 5.73. The van der Waals surface area contributed by atoms with E-state index in [9.17, 15) is 0 Å². The molecule has 18 heavy (non-hydrogen) atoms. The molecule has 0 amide bonds. The van der Waals surface area contributed by atoms with Gasteiger partial charge in [0.05, 0.1) is 16.9 Å². The fourth-order valence-corrected chi connectivity index (χ4v) is 2.50. The van der Waals surface area contributed by atoms with Crippen LogP contribution in [0.15, 0.2) is 48.7 Å². The molecule has 1 heterocycles. The van der Waals surface area contributed by atoms with Gasteiger partial charge in [-0.15, -0.1) is 0 Å². The van der Waals surface area contributed by atoms with Crippen LogP contribution in [0.25, 0.3) is 21.9 Å². The summed E-state index contributed by atoms with van der Waals surface area (Å²) in [5.41, 5.74) is 2.91. The monoisotopic (exact) mass is 254 g/mol. The van der Waals surface area contributed by atoms with Gasteiger partial charge in [0, 0.05) is 5.56 Å². The van der Waals surface area contributed by atoms with Gasteiger partial charge in [0.1, 0.15) is 0 Å². The second kappa shape index (κ2) is 4.39. The minimum atomic E-state index is 0.638. The number of fused-ring (bicyclic) bond motifs is 1. The van der Waals surface area contributed by atoms with Gasteiger partial charge in [0.2, 0.25) is 0 Å². The number of nitrogens with zero attached hydrogens (tertiary/aromatic N) is 2. The summed E-state index contributed by atoms with van der Waals surface area (Å²) in [7, 11) is 0. The van der Waals surface area contributed by atoms with Crippen LogP contribution in [0, 0.1) is 6.92 Å². The average molecular weight is 255 g/mol. The Morgan fingerprint density at radius 3 is 2.61 bits per heavy atom.